The highest BCUT2D eigenvalue weighted by Gasteiger charge is 2.23. The molecule has 0 aromatic heterocycles. The summed E-state index contributed by atoms with van der Waals surface area (Å²) in [6.45, 7) is 6.25. The number of sulfonamides is 1. The summed E-state index contributed by atoms with van der Waals surface area (Å²) in [5, 5.41) is 7.80. The molecule has 1 N–H and O–H groups in total. The van der Waals surface area contributed by atoms with Crippen LogP contribution in [0.2, 0.25) is 0 Å². The molecule has 0 aliphatic rings. The molecule has 0 amide bonds. The zero-order valence-electron chi connectivity index (χ0n) is 12.4. The van der Waals surface area contributed by atoms with Crippen molar-refractivity contribution in [3.05, 3.63) is 18.2 Å². The first-order valence-corrected chi connectivity index (χ1v) is 8.33. The second kappa shape index (κ2) is 7.74. The Labute approximate surface area is 125 Å². The van der Waals surface area contributed by atoms with E-state index in [9.17, 15) is 8.42 Å². The number of hydrogen-bond acceptors (Lipinski definition) is 5. The molecule has 0 fully saturated rings. The van der Waals surface area contributed by atoms with Gasteiger partial charge in [0, 0.05) is 6.07 Å². The highest BCUT2D eigenvalue weighted by molar-refractivity contribution is 7.93. The minimum absolute atomic E-state index is 0.223. The Hall–Kier alpha value is -1.94. The molecule has 21 heavy (non-hydrogen) atoms. The zero-order chi connectivity index (χ0) is 15.9. The van der Waals surface area contributed by atoms with Gasteiger partial charge in [0.15, 0.2) is 16.7 Å². The van der Waals surface area contributed by atoms with Gasteiger partial charge in [-0.2, -0.15) is 5.26 Å². The van der Waals surface area contributed by atoms with Gasteiger partial charge in [-0.25, -0.2) is 8.42 Å². The van der Waals surface area contributed by atoms with E-state index in [1.54, 1.807) is 31.2 Å². The first-order valence-electron chi connectivity index (χ1n) is 6.79. The molecule has 6 nitrogen and oxygen atoms in total. The highest BCUT2D eigenvalue weighted by Crippen LogP contribution is 2.31. The number of rotatable bonds is 8. The number of nitriles is 1. The lowest BCUT2D eigenvalue weighted by molar-refractivity contribution is 0.288. The van der Waals surface area contributed by atoms with Gasteiger partial charge in [0.05, 0.1) is 25.0 Å². The van der Waals surface area contributed by atoms with Crippen molar-refractivity contribution in [1.29, 1.82) is 5.26 Å². The summed E-state index contributed by atoms with van der Waals surface area (Å²) in [5.74, 6) is 1.01. The topological polar surface area (TPSA) is 88.4 Å². The number of benzene rings is 1. The van der Waals surface area contributed by atoms with Crippen LogP contribution in [-0.4, -0.2) is 26.9 Å². The van der Waals surface area contributed by atoms with E-state index in [0.717, 1.165) is 0 Å². The molecule has 0 spiro atoms. The van der Waals surface area contributed by atoms with Crippen LogP contribution in [0.1, 0.15) is 27.2 Å². The maximum Gasteiger partial charge on any atom is 0.249 e. The van der Waals surface area contributed by atoms with E-state index in [0.29, 0.717) is 30.4 Å². The molecule has 0 saturated heterocycles. The lowest BCUT2D eigenvalue weighted by atomic mass is 10.3. The summed E-state index contributed by atoms with van der Waals surface area (Å²) in [6, 6.07) is 6.55. The molecule has 1 atom stereocenters. The molecule has 1 aromatic rings. The largest absolute Gasteiger partial charge is 0.490 e. The summed E-state index contributed by atoms with van der Waals surface area (Å²) in [4.78, 5) is 0. The number of anilines is 1. The standard InChI is InChI=1S/C14H20N2O4S/c1-4-12(10-15)21(17,18)16-11-7-8-13(19-5-2)14(9-11)20-6-3/h7-9,12,16H,4-6H2,1-3H3. The molecule has 0 saturated carbocycles. The second-order valence-corrected chi connectivity index (χ2v) is 6.06. The summed E-state index contributed by atoms with van der Waals surface area (Å²) in [6.07, 6.45) is 0.223. The van der Waals surface area contributed by atoms with E-state index >= 15 is 0 Å². The third kappa shape index (κ3) is 4.53. The van der Waals surface area contributed by atoms with Crippen LogP contribution >= 0.6 is 0 Å². The van der Waals surface area contributed by atoms with Gasteiger partial charge in [-0.1, -0.05) is 6.92 Å². The fourth-order valence-corrected chi connectivity index (χ4v) is 2.91. The minimum Gasteiger partial charge on any atom is -0.490 e. The van der Waals surface area contributed by atoms with Crippen LogP contribution in [0.25, 0.3) is 0 Å². The predicted molar refractivity (Wildman–Crippen MR) is 81.0 cm³/mol. The first-order chi connectivity index (χ1) is 9.98. The Balaban J connectivity index is 3.05. The summed E-state index contributed by atoms with van der Waals surface area (Å²) in [7, 11) is -3.74. The Kier molecular flexibility index (Phi) is 6.31. The van der Waals surface area contributed by atoms with Crippen molar-refractivity contribution in [2.75, 3.05) is 17.9 Å². The molecule has 1 rings (SSSR count). The van der Waals surface area contributed by atoms with Crippen LogP contribution in [0.4, 0.5) is 5.69 Å². The van der Waals surface area contributed by atoms with Gasteiger partial charge in [-0.05, 0) is 32.4 Å². The molecule has 0 aliphatic heterocycles. The molecule has 0 heterocycles. The molecular formula is C14H20N2O4S. The summed E-state index contributed by atoms with van der Waals surface area (Å²) < 4.78 is 37.3. The fourth-order valence-electron chi connectivity index (χ4n) is 1.73. The Morgan fingerprint density at radius 2 is 1.81 bits per heavy atom. The van der Waals surface area contributed by atoms with Gasteiger partial charge in [0.25, 0.3) is 0 Å². The third-order valence-corrected chi connectivity index (χ3v) is 4.40. The fraction of sp³-hybridized carbons (Fsp3) is 0.500. The Morgan fingerprint density at radius 3 is 2.33 bits per heavy atom. The molecule has 116 valence electrons. The van der Waals surface area contributed by atoms with Crippen molar-refractivity contribution in [3.8, 4) is 17.6 Å². The van der Waals surface area contributed by atoms with Crippen LogP contribution in [0, 0.1) is 11.3 Å². The minimum atomic E-state index is -3.74. The molecule has 7 heteroatoms. The predicted octanol–water partition coefficient (Wildman–Crippen LogP) is 2.53. The van der Waals surface area contributed by atoms with Crippen molar-refractivity contribution in [2.45, 2.75) is 32.4 Å². The van der Waals surface area contributed by atoms with E-state index in [4.69, 9.17) is 14.7 Å². The van der Waals surface area contributed by atoms with Crippen molar-refractivity contribution < 1.29 is 17.9 Å². The molecule has 0 aliphatic carbocycles. The molecule has 1 aromatic carbocycles. The molecular weight excluding hydrogens is 292 g/mol. The Bertz CT molecular complexity index is 608. The smallest absolute Gasteiger partial charge is 0.249 e. The van der Waals surface area contributed by atoms with E-state index in [1.807, 2.05) is 13.8 Å². The maximum absolute atomic E-state index is 12.0. The second-order valence-electron chi connectivity index (χ2n) is 4.20. The maximum atomic E-state index is 12.0. The van der Waals surface area contributed by atoms with E-state index in [-0.39, 0.29) is 6.42 Å². The van der Waals surface area contributed by atoms with Gasteiger partial charge in [-0.3, -0.25) is 4.72 Å². The monoisotopic (exact) mass is 312 g/mol. The van der Waals surface area contributed by atoms with Crippen LogP contribution < -0.4 is 14.2 Å². The molecule has 0 radical (unpaired) electrons. The molecule has 0 bridgehead atoms. The highest BCUT2D eigenvalue weighted by atomic mass is 32.2. The normalized spacial score (nSPS) is 12.3. The van der Waals surface area contributed by atoms with Crippen molar-refractivity contribution in [2.24, 2.45) is 0 Å². The van der Waals surface area contributed by atoms with E-state index in [1.165, 1.54) is 0 Å². The molecule has 1 unspecified atom stereocenters. The van der Waals surface area contributed by atoms with E-state index in [2.05, 4.69) is 4.72 Å². The third-order valence-electron chi connectivity index (χ3n) is 2.69. The number of nitrogens with one attached hydrogen (secondary N) is 1. The Morgan fingerprint density at radius 1 is 1.19 bits per heavy atom. The SMILES string of the molecule is CCOc1ccc(NS(=O)(=O)C(C#N)CC)cc1OCC. The van der Waals surface area contributed by atoms with E-state index < -0.39 is 15.3 Å². The van der Waals surface area contributed by atoms with Crippen molar-refractivity contribution >= 4 is 15.7 Å². The quantitative estimate of drug-likeness (QED) is 0.797. The van der Waals surface area contributed by atoms with Crippen LogP contribution in [0.15, 0.2) is 18.2 Å². The summed E-state index contributed by atoms with van der Waals surface area (Å²) in [5.41, 5.74) is 0.343. The summed E-state index contributed by atoms with van der Waals surface area (Å²) >= 11 is 0. The van der Waals surface area contributed by atoms with Crippen molar-refractivity contribution in [3.63, 3.8) is 0 Å². The average Bonchev–Trinajstić information content (AvgIpc) is 2.42. The van der Waals surface area contributed by atoms with Gasteiger partial charge in [0.2, 0.25) is 10.0 Å². The van der Waals surface area contributed by atoms with Crippen LogP contribution in [-0.2, 0) is 10.0 Å². The number of ether oxygens (including phenoxy) is 2. The lowest BCUT2D eigenvalue weighted by Crippen LogP contribution is -2.25. The van der Waals surface area contributed by atoms with Gasteiger partial charge < -0.3 is 9.47 Å². The lowest BCUT2D eigenvalue weighted by Gasteiger charge is -2.15. The van der Waals surface area contributed by atoms with Crippen LogP contribution in [0.5, 0.6) is 11.5 Å². The first kappa shape index (κ1) is 17.1. The van der Waals surface area contributed by atoms with Gasteiger partial charge >= 0.3 is 0 Å². The number of nitrogens with zero attached hydrogens (tertiary/aromatic N) is 1. The van der Waals surface area contributed by atoms with Gasteiger partial charge in [-0.15, -0.1) is 0 Å². The average molecular weight is 312 g/mol. The van der Waals surface area contributed by atoms with Gasteiger partial charge in [0.1, 0.15) is 0 Å². The number of hydrogen-bond donors (Lipinski definition) is 1. The zero-order valence-corrected chi connectivity index (χ0v) is 13.2. The van der Waals surface area contributed by atoms with Crippen molar-refractivity contribution in [1.82, 2.24) is 0 Å². The van der Waals surface area contributed by atoms with Crippen LogP contribution in [0.3, 0.4) is 0 Å².